The van der Waals surface area contributed by atoms with Crippen LogP contribution in [0.15, 0.2) is 48.5 Å². The smallest absolute Gasteiger partial charge is 0.271 e. The maximum atomic E-state index is 13.1. The number of ether oxygens (including phenoxy) is 2. The van der Waals surface area contributed by atoms with Gasteiger partial charge in [-0.25, -0.2) is 0 Å². The number of aromatic nitrogens is 2. The highest BCUT2D eigenvalue weighted by Gasteiger charge is 2.25. The van der Waals surface area contributed by atoms with E-state index in [1.807, 2.05) is 40.9 Å². The van der Waals surface area contributed by atoms with Gasteiger partial charge < -0.3 is 14.4 Å². The third-order valence-corrected chi connectivity index (χ3v) is 6.95. The SMILES string of the molecule is Cc1ccccc1[C@@H]1CCN(C(=O)c2cc(-c3ccc4c(c3)OCO4)n[nH]2)CCS1. The maximum absolute atomic E-state index is 13.1. The van der Waals surface area contributed by atoms with Crippen molar-refractivity contribution in [2.24, 2.45) is 0 Å². The van der Waals surface area contributed by atoms with Crippen LogP contribution >= 0.6 is 11.8 Å². The van der Waals surface area contributed by atoms with Crippen LogP contribution in [0.5, 0.6) is 11.5 Å². The highest BCUT2D eigenvalue weighted by molar-refractivity contribution is 7.99. The highest BCUT2D eigenvalue weighted by Crippen LogP contribution is 2.37. The molecule has 0 radical (unpaired) electrons. The van der Waals surface area contributed by atoms with Crippen LogP contribution in [-0.2, 0) is 0 Å². The van der Waals surface area contributed by atoms with Crippen molar-refractivity contribution >= 4 is 17.7 Å². The Morgan fingerprint density at radius 1 is 1.13 bits per heavy atom. The molecule has 1 atom stereocenters. The Hall–Kier alpha value is -2.93. The van der Waals surface area contributed by atoms with Gasteiger partial charge in [0.05, 0.1) is 5.69 Å². The summed E-state index contributed by atoms with van der Waals surface area (Å²) in [4.78, 5) is 15.0. The Bertz CT molecular complexity index is 1080. The summed E-state index contributed by atoms with van der Waals surface area (Å²) in [7, 11) is 0. The average Bonchev–Trinajstić information content (AvgIpc) is 3.38. The molecule has 0 unspecified atom stereocenters. The van der Waals surface area contributed by atoms with E-state index in [9.17, 15) is 4.79 Å². The standard InChI is InChI=1S/C23H23N3O3S/c1-15-4-2-3-5-17(15)22-8-9-26(10-11-30-22)23(27)19-13-18(24-25-19)16-6-7-20-21(12-16)29-14-28-20/h2-7,12-13,22H,8-11,14H2,1H3,(H,24,25)/t22-/m0/s1. The Morgan fingerprint density at radius 3 is 2.90 bits per heavy atom. The number of H-pyrrole nitrogens is 1. The molecule has 154 valence electrons. The van der Waals surface area contributed by atoms with Crippen molar-refractivity contribution in [2.75, 3.05) is 25.6 Å². The number of carbonyl (C=O) groups excluding carboxylic acids is 1. The van der Waals surface area contributed by atoms with E-state index in [1.54, 1.807) is 0 Å². The molecular weight excluding hydrogens is 398 g/mol. The van der Waals surface area contributed by atoms with E-state index in [-0.39, 0.29) is 12.7 Å². The first-order chi connectivity index (χ1) is 14.7. The quantitative estimate of drug-likeness (QED) is 0.677. The van der Waals surface area contributed by atoms with Gasteiger partial charge in [0.1, 0.15) is 5.69 Å². The number of aryl methyl sites for hydroxylation is 1. The average molecular weight is 422 g/mol. The maximum Gasteiger partial charge on any atom is 0.271 e. The van der Waals surface area contributed by atoms with E-state index in [4.69, 9.17) is 9.47 Å². The lowest BCUT2D eigenvalue weighted by atomic mass is 10.0. The zero-order chi connectivity index (χ0) is 20.5. The molecule has 0 saturated carbocycles. The van der Waals surface area contributed by atoms with Crippen LogP contribution in [0.2, 0.25) is 0 Å². The van der Waals surface area contributed by atoms with Crippen LogP contribution in [0.3, 0.4) is 0 Å². The summed E-state index contributed by atoms with van der Waals surface area (Å²) >= 11 is 1.94. The first-order valence-electron chi connectivity index (χ1n) is 10.1. The first-order valence-corrected chi connectivity index (χ1v) is 11.2. The predicted octanol–water partition coefficient (Wildman–Crippen LogP) is 4.43. The molecule has 3 heterocycles. The van der Waals surface area contributed by atoms with Crippen molar-refractivity contribution in [1.29, 1.82) is 0 Å². The second-order valence-corrected chi connectivity index (χ2v) is 8.84. The highest BCUT2D eigenvalue weighted by atomic mass is 32.2. The minimum Gasteiger partial charge on any atom is -0.454 e. The summed E-state index contributed by atoms with van der Waals surface area (Å²) in [6.07, 6.45) is 0.949. The fraction of sp³-hybridized carbons (Fsp3) is 0.304. The van der Waals surface area contributed by atoms with Crippen molar-refractivity contribution in [3.63, 3.8) is 0 Å². The normalized spacial score (nSPS) is 18.3. The molecule has 1 aromatic heterocycles. The number of hydrogen-bond acceptors (Lipinski definition) is 5. The van der Waals surface area contributed by atoms with Crippen molar-refractivity contribution in [1.82, 2.24) is 15.1 Å². The molecule has 3 aromatic rings. The van der Waals surface area contributed by atoms with E-state index in [1.165, 1.54) is 11.1 Å². The summed E-state index contributed by atoms with van der Waals surface area (Å²) in [6, 6.07) is 16.0. The first kappa shape index (κ1) is 19.1. The number of carbonyl (C=O) groups is 1. The number of thioether (sulfide) groups is 1. The number of nitrogens with one attached hydrogen (secondary N) is 1. The van der Waals surface area contributed by atoms with Crippen LogP contribution < -0.4 is 9.47 Å². The Kier molecular flexibility index (Phi) is 5.12. The minimum absolute atomic E-state index is 0.000488. The number of aromatic amines is 1. The Labute approximate surface area is 179 Å². The molecule has 2 aliphatic rings. The van der Waals surface area contributed by atoms with Crippen molar-refractivity contribution in [2.45, 2.75) is 18.6 Å². The van der Waals surface area contributed by atoms with Gasteiger partial charge >= 0.3 is 0 Å². The molecule has 2 aromatic carbocycles. The number of fused-ring (bicyclic) bond motifs is 1. The van der Waals surface area contributed by atoms with Gasteiger partial charge in [-0.3, -0.25) is 9.89 Å². The van der Waals surface area contributed by atoms with Gasteiger partial charge in [-0.05, 0) is 48.7 Å². The molecule has 6 nitrogen and oxygen atoms in total. The monoisotopic (exact) mass is 421 g/mol. The topological polar surface area (TPSA) is 67.5 Å². The summed E-state index contributed by atoms with van der Waals surface area (Å²) in [5.74, 6) is 2.36. The van der Waals surface area contributed by atoms with E-state index < -0.39 is 0 Å². The number of hydrogen-bond donors (Lipinski definition) is 1. The molecule has 7 heteroatoms. The van der Waals surface area contributed by atoms with Crippen LogP contribution in [0.25, 0.3) is 11.3 Å². The van der Waals surface area contributed by atoms with Crippen molar-refractivity contribution in [3.05, 3.63) is 65.4 Å². The van der Waals surface area contributed by atoms with Gasteiger partial charge in [-0.15, -0.1) is 0 Å². The van der Waals surface area contributed by atoms with Crippen LogP contribution in [0.1, 0.15) is 33.3 Å². The number of nitrogens with zero attached hydrogens (tertiary/aromatic N) is 2. The molecule has 5 rings (SSSR count). The van der Waals surface area contributed by atoms with E-state index in [2.05, 4.69) is 41.4 Å². The largest absolute Gasteiger partial charge is 0.454 e. The van der Waals surface area contributed by atoms with Crippen LogP contribution in [0, 0.1) is 6.92 Å². The second-order valence-electron chi connectivity index (χ2n) is 7.53. The Balaban J connectivity index is 1.29. The molecule has 0 bridgehead atoms. The van der Waals surface area contributed by atoms with Gasteiger partial charge in [-0.1, -0.05) is 24.3 Å². The zero-order valence-corrected chi connectivity index (χ0v) is 17.6. The van der Waals surface area contributed by atoms with Crippen molar-refractivity contribution in [3.8, 4) is 22.8 Å². The number of amides is 1. The van der Waals surface area contributed by atoms with E-state index in [0.29, 0.717) is 16.7 Å². The lowest BCUT2D eigenvalue weighted by molar-refractivity contribution is 0.0760. The fourth-order valence-electron chi connectivity index (χ4n) is 3.98. The van der Waals surface area contributed by atoms with E-state index in [0.717, 1.165) is 42.3 Å². The van der Waals surface area contributed by atoms with E-state index >= 15 is 0 Å². The van der Waals surface area contributed by atoms with Crippen LogP contribution in [0.4, 0.5) is 0 Å². The lowest BCUT2D eigenvalue weighted by Gasteiger charge is -2.19. The minimum atomic E-state index is 0.000488. The number of benzene rings is 2. The predicted molar refractivity (Wildman–Crippen MR) is 117 cm³/mol. The fourth-order valence-corrected chi connectivity index (χ4v) is 5.30. The van der Waals surface area contributed by atoms with Gasteiger partial charge in [0.15, 0.2) is 11.5 Å². The van der Waals surface area contributed by atoms with Gasteiger partial charge in [0.25, 0.3) is 5.91 Å². The van der Waals surface area contributed by atoms with Gasteiger partial charge in [0.2, 0.25) is 6.79 Å². The zero-order valence-electron chi connectivity index (χ0n) is 16.8. The molecule has 1 N–H and O–H groups in total. The third-order valence-electron chi connectivity index (χ3n) is 5.64. The molecule has 0 aliphatic carbocycles. The second kappa shape index (κ2) is 8.07. The summed E-state index contributed by atoms with van der Waals surface area (Å²) in [5.41, 5.74) is 4.82. The Morgan fingerprint density at radius 2 is 2.00 bits per heavy atom. The van der Waals surface area contributed by atoms with Crippen molar-refractivity contribution < 1.29 is 14.3 Å². The molecule has 0 spiro atoms. The number of rotatable bonds is 3. The molecule has 30 heavy (non-hydrogen) atoms. The molecule has 1 fully saturated rings. The van der Waals surface area contributed by atoms with Gasteiger partial charge in [0, 0.05) is 29.7 Å². The summed E-state index contributed by atoms with van der Waals surface area (Å²) < 4.78 is 10.8. The molecule has 2 aliphatic heterocycles. The summed E-state index contributed by atoms with van der Waals surface area (Å²) in [6.45, 7) is 3.87. The lowest BCUT2D eigenvalue weighted by Crippen LogP contribution is -2.33. The van der Waals surface area contributed by atoms with Gasteiger partial charge in [-0.2, -0.15) is 16.9 Å². The summed E-state index contributed by atoms with van der Waals surface area (Å²) in [5, 5.41) is 7.70. The molecule has 1 amide bonds. The third kappa shape index (κ3) is 3.65. The van der Waals surface area contributed by atoms with Crippen LogP contribution in [-0.4, -0.2) is 46.6 Å². The molecular formula is C23H23N3O3S. The molecule has 1 saturated heterocycles.